The third-order valence-corrected chi connectivity index (χ3v) is 3.15. The molecule has 3 atom stereocenters. The first-order chi connectivity index (χ1) is 12.0. The van der Waals surface area contributed by atoms with Gasteiger partial charge in [0.1, 0.15) is 6.10 Å². The first kappa shape index (κ1) is 34.8. The summed E-state index contributed by atoms with van der Waals surface area (Å²) in [6.45, 7) is 4.60. The summed E-state index contributed by atoms with van der Waals surface area (Å²) < 4.78 is 54.2. The van der Waals surface area contributed by atoms with E-state index >= 15 is 0 Å². The highest BCUT2D eigenvalue weighted by Crippen LogP contribution is 2.45. The van der Waals surface area contributed by atoms with E-state index in [1.807, 2.05) is 0 Å². The molecule has 0 spiro atoms. The van der Waals surface area contributed by atoms with Gasteiger partial charge in [-0.1, -0.05) is 29.2 Å². The fourth-order valence-electron chi connectivity index (χ4n) is 2.30. The van der Waals surface area contributed by atoms with Gasteiger partial charge in [-0.05, 0) is 49.0 Å². The molecule has 25 heavy (non-hydrogen) atoms. The Labute approximate surface area is 138 Å². The van der Waals surface area contributed by atoms with E-state index in [9.17, 15) is 9.32 Å². The summed E-state index contributed by atoms with van der Waals surface area (Å²) in [5, 5.41) is 35.4. The van der Waals surface area contributed by atoms with Crippen molar-refractivity contribution in [3.8, 4) is 0 Å². The van der Waals surface area contributed by atoms with Crippen LogP contribution in [0.3, 0.4) is 0 Å². The fraction of sp³-hybridized carbons (Fsp3) is 0.727. The molecule has 0 aromatic heterocycles. The molecule has 2 aliphatic carbocycles. The molecule has 2 saturated carbocycles. The van der Waals surface area contributed by atoms with Crippen LogP contribution < -0.4 is 0 Å². The molecule has 0 aromatic rings. The standard InChI is InChI=1S/C7H11FO.C4H6O2.5FHO/c8-9-7-4-5-1-2-6(7)3-5;1-3(2)4(5)6;5*1-2/h5-7H,1-4H2;1H2,2H3,(H,5,6);5*2H. The van der Waals surface area contributed by atoms with E-state index < -0.39 is 5.97 Å². The monoisotopic (exact) mass is 396 g/mol. The minimum absolute atomic E-state index is 0.0382. The number of hydrogen-bond donors (Lipinski definition) is 6. The lowest BCUT2D eigenvalue weighted by atomic mass is 9.98. The third-order valence-electron chi connectivity index (χ3n) is 3.15. The maximum atomic E-state index is 11.7. The van der Waals surface area contributed by atoms with Crippen molar-refractivity contribution in [2.75, 3.05) is 0 Å². The maximum Gasteiger partial charge on any atom is 0.330 e. The highest BCUT2D eigenvalue weighted by Gasteiger charge is 2.40. The lowest BCUT2D eigenvalue weighted by Crippen LogP contribution is -2.16. The molecule has 0 radical (unpaired) electrons. The molecule has 6 N–H and O–H groups in total. The quantitative estimate of drug-likeness (QED) is 0.307. The van der Waals surface area contributed by atoms with Crippen molar-refractivity contribution in [3.63, 3.8) is 0 Å². The van der Waals surface area contributed by atoms with E-state index in [2.05, 4.69) is 11.5 Å². The largest absolute Gasteiger partial charge is 0.478 e. The van der Waals surface area contributed by atoms with Gasteiger partial charge in [0.05, 0.1) is 0 Å². The van der Waals surface area contributed by atoms with E-state index in [1.165, 1.54) is 26.2 Å². The molecule has 0 aliphatic heterocycles. The molecule has 2 aliphatic rings. The molecule has 8 nitrogen and oxygen atoms in total. The van der Waals surface area contributed by atoms with Crippen LogP contribution in [-0.2, 0) is 9.74 Å². The van der Waals surface area contributed by atoms with Gasteiger partial charge in [0.2, 0.25) is 0 Å². The van der Waals surface area contributed by atoms with Crippen LogP contribution in [0.1, 0.15) is 32.6 Å². The minimum Gasteiger partial charge on any atom is -0.478 e. The van der Waals surface area contributed by atoms with Crippen molar-refractivity contribution in [3.05, 3.63) is 12.2 Å². The van der Waals surface area contributed by atoms with Crippen molar-refractivity contribution in [1.82, 2.24) is 0 Å². The fourth-order valence-corrected chi connectivity index (χ4v) is 2.30. The second kappa shape index (κ2) is 30.4. The van der Waals surface area contributed by atoms with Gasteiger partial charge >= 0.3 is 5.97 Å². The minimum atomic E-state index is -0.935. The molecule has 3 unspecified atom stereocenters. The van der Waals surface area contributed by atoms with Gasteiger partial charge in [0, 0.05) is 5.57 Å². The van der Waals surface area contributed by atoms with Gasteiger partial charge < -0.3 is 5.11 Å². The van der Waals surface area contributed by atoms with Gasteiger partial charge in [-0.3, -0.25) is 0 Å². The molecular formula is C11H22F6O8. The summed E-state index contributed by atoms with van der Waals surface area (Å²) in [6.07, 6.45) is 4.66. The van der Waals surface area contributed by atoms with E-state index in [0.29, 0.717) is 5.92 Å². The van der Waals surface area contributed by atoms with Gasteiger partial charge in [-0.25, -0.2) is 31.4 Å². The second-order valence-corrected chi connectivity index (χ2v) is 4.39. The van der Waals surface area contributed by atoms with Crippen LogP contribution in [-0.4, -0.2) is 43.7 Å². The van der Waals surface area contributed by atoms with Gasteiger partial charge in [0.25, 0.3) is 0 Å². The van der Waals surface area contributed by atoms with E-state index in [0.717, 1.165) is 12.3 Å². The first-order valence-corrected chi connectivity index (χ1v) is 6.05. The molecule has 0 amide bonds. The number of hydrogen-bond acceptors (Lipinski definition) is 7. The molecule has 156 valence electrons. The van der Waals surface area contributed by atoms with E-state index in [1.54, 1.807) is 0 Å². The zero-order chi connectivity index (χ0) is 21.4. The topological polar surface area (TPSA) is 148 Å². The Morgan fingerprint density at radius 2 is 1.28 bits per heavy atom. The molecular weight excluding hydrogens is 374 g/mol. The Kier molecular flexibility index (Phi) is 42.4. The molecule has 0 aromatic carbocycles. The van der Waals surface area contributed by atoms with Crippen LogP contribution in [0.25, 0.3) is 0 Å². The van der Waals surface area contributed by atoms with Gasteiger partial charge in [-0.15, -0.1) is 0 Å². The van der Waals surface area contributed by atoms with Crippen LogP contribution in [0.5, 0.6) is 0 Å². The lowest BCUT2D eigenvalue weighted by molar-refractivity contribution is -0.193. The zero-order valence-electron chi connectivity index (χ0n) is 13.0. The maximum absolute atomic E-state index is 11.7. The van der Waals surface area contributed by atoms with Crippen molar-refractivity contribution >= 4 is 5.97 Å². The summed E-state index contributed by atoms with van der Waals surface area (Å²) in [4.78, 5) is 13.4. The highest BCUT2D eigenvalue weighted by molar-refractivity contribution is 5.84. The first-order valence-electron chi connectivity index (χ1n) is 6.05. The normalized spacial score (nSPS) is 20.4. The molecule has 0 heterocycles. The van der Waals surface area contributed by atoms with Crippen LogP contribution in [0.15, 0.2) is 12.2 Å². The summed E-state index contributed by atoms with van der Waals surface area (Å²) in [6, 6.07) is 0. The number of halogens is 6. The number of rotatable bonds is 2. The average molecular weight is 396 g/mol. The highest BCUT2D eigenvalue weighted by atomic mass is 19.3. The van der Waals surface area contributed by atoms with Crippen LogP contribution in [0.4, 0.5) is 27.2 Å². The summed E-state index contributed by atoms with van der Waals surface area (Å²) in [5.74, 6) is 0.408. The van der Waals surface area contributed by atoms with Gasteiger partial charge in [0.15, 0.2) is 0 Å². The number of carboxylic acid groups (broad SMARTS) is 1. The lowest BCUT2D eigenvalue weighted by Gasteiger charge is -2.15. The summed E-state index contributed by atoms with van der Waals surface area (Å²) >= 11 is 0. The average Bonchev–Trinajstić information content (AvgIpc) is 3.33. The Morgan fingerprint density at radius 1 is 0.920 bits per heavy atom. The van der Waals surface area contributed by atoms with Gasteiger partial charge in [-0.2, -0.15) is 4.94 Å². The van der Waals surface area contributed by atoms with E-state index in [4.69, 9.17) is 54.3 Å². The SMILES string of the molecule is C=C(C)C(=O)O.FOC1CC2CCC1C2.OF.OF.OF.OF.OF. The predicted octanol–water partition coefficient (Wildman–Crippen LogP) is 2.04. The molecule has 2 bridgehead atoms. The van der Waals surface area contributed by atoms with Crippen LogP contribution in [0.2, 0.25) is 0 Å². The predicted molar refractivity (Wildman–Crippen MR) is 70.5 cm³/mol. The second-order valence-electron chi connectivity index (χ2n) is 4.39. The van der Waals surface area contributed by atoms with Crippen molar-refractivity contribution in [2.45, 2.75) is 38.7 Å². The Balaban J connectivity index is -0.0000000737. The molecule has 2 rings (SSSR count). The molecule has 2 fully saturated rings. The number of carboxylic acids is 1. The third kappa shape index (κ3) is 20.5. The Hall–Kier alpha value is -1.45. The Morgan fingerprint density at radius 3 is 1.40 bits per heavy atom. The zero-order valence-corrected chi connectivity index (χ0v) is 13.0. The van der Waals surface area contributed by atoms with Crippen molar-refractivity contribution < 1.29 is 68.6 Å². The molecule has 14 heteroatoms. The number of aliphatic carboxylic acids is 1. The van der Waals surface area contributed by atoms with E-state index in [-0.39, 0.29) is 11.7 Å². The van der Waals surface area contributed by atoms with Crippen molar-refractivity contribution in [1.29, 1.82) is 0 Å². The number of carbonyl (C=O) groups is 1. The number of fused-ring (bicyclic) bond motifs is 2. The Bertz CT molecular complexity index is 263. The molecule has 0 saturated heterocycles. The van der Waals surface area contributed by atoms with Crippen molar-refractivity contribution in [2.24, 2.45) is 11.8 Å². The summed E-state index contributed by atoms with van der Waals surface area (Å²) in [5.41, 5.74) is 0.176. The smallest absolute Gasteiger partial charge is 0.330 e. The van der Waals surface area contributed by atoms with Crippen LogP contribution in [0, 0.1) is 11.8 Å². The van der Waals surface area contributed by atoms with Crippen LogP contribution >= 0.6 is 0 Å². The summed E-state index contributed by atoms with van der Waals surface area (Å²) in [7, 11) is 0.